The van der Waals surface area contributed by atoms with Crippen molar-refractivity contribution in [2.24, 2.45) is 0 Å². The lowest BCUT2D eigenvalue weighted by molar-refractivity contribution is -0.122. The zero-order valence-corrected chi connectivity index (χ0v) is 16.2. The summed E-state index contributed by atoms with van der Waals surface area (Å²) in [6.45, 7) is 0.446. The molecule has 1 aliphatic rings. The van der Waals surface area contributed by atoms with Crippen molar-refractivity contribution >= 4 is 18.0 Å². The molecule has 3 rings (SSSR count). The number of urea groups is 1. The molecule has 0 bridgehead atoms. The molecule has 0 spiro atoms. The highest BCUT2D eigenvalue weighted by Crippen LogP contribution is 2.38. The molecular formula is C21H22N2O6. The van der Waals surface area contributed by atoms with Crippen molar-refractivity contribution in [1.29, 1.82) is 0 Å². The topological polar surface area (TPSA) is 97.3 Å². The van der Waals surface area contributed by atoms with Crippen molar-refractivity contribution in [2.75, 3.05) is 20.8 Å². The van der Waals surface area contributed by atoms with Gasteiger partial charge in [0.25, 0.3) is 5.91 Å². The number of phenols is 1. The second-order valence-electron chi connectivity index (χ2n) is 6.33. The first-order valence-corrected chi connectivity index (χ1v) is 8.96. The van der Waals surface area contributed by atoms with Crippen LogP contribution in [-0.4, -0.2) is 42.7 Å². The predicted octanol–water partition coefficient (Wildman–Crippen LogP) is 2.87. The number of hydrogen-bond donors (Lipinski definition) is 2. The fourth-order valence-electron chi connectivity index (χ4n) is 2.95. The van der Waals surface area contributed by atoms with Crippen molar-refractivity contribution in [3.05, 3.63) is 59.2 Å². The van der Waals surface area contributed by atoms with E-state index in [0.717, 1.165) is 10.5 Å². The molecular weight excluding hydrogens is 376 g/mol. The Morgan fingerprint density at radius 2 is 1.83 bits per heavy atom. The SMILES string of the molecule is COc1cc(/C=C2/CCN(C(=O)NOCc3ccccc3)C2=O)cc(OC)c1O. The van der Waals surface area contributed by atoms with Crippen molar-refractivity contribution in [3.63, 3.8) is 0 Å². The summed E-state index contributed by atoms with van der Waals surface area (Å²) in [5, 5.41) is 9.99. The fraction of sp³-hybridized carbons (Fsp3) is 0.238. The Kier molecular flexibility index (Phi) is 6.36. The molecule has 0 atom stereocenters. The molecule has 0 radical (unpaired) electrons. The first-order valence-electron chi connectivity index (χ1n) is 8.96. The van der Waals surface area contributed by atoms with Crippen LogP contribution in [0.4, 0.5) is 4.79 Å². The fourth-order valence-corrected chi connectivity index (χ4v) is 2.95. The Hall–Kier alpha value is -3.52. The number of hydroxylamine groups is 1. The molecule has 3 amide bonds. The number of carbonyl (C=O) groups excluding carboxylic acids is 2. The number of rotatable bonds is 6. The lowest BCUT2D eigenvalue weighted by Crippen LogP contribution is -2.40. The number of ether oxygens (including phenoxy) is 2. The number of aromatic hydroxyl groups is 1. The average molecular weight is 398 g/mol. The number of benzene rings is 2. The van der Waals surface area contributed by atoms with Gasteiger partial charge in [0.15, 0.2) is 11.5 Å². The molecule has 29 heavy (non-hydrogen) atoms. The Bertz CT molecular complexity index is 901. The minimum absolute atomic E-state index is 0.119. The number of likely N-dealkylation sites (tertiary alicyclic amines) is 1. The van der Waals surface area contributed by atoms with E-state index in [2.05, 4.69) is 5.48 Å². The summed E-state index contributed by atoms with van der Waals surface area (Å²) < 4.78 is 10.2. The highest BCUT2D eigenvalue weighted by Gasteiger charge is 2.31. The monoisotopic (exact) mass is 398 g/mol. The largest absolute Gasteiger partial charge is 0.502 e. The smallest absolute Gasteiger partial charge is 0.348 e. The van der Waals surface area contributed by atoms with E-state index in [1.165, 1.54) is 14.2 Å². The van der Waals surface area contributed by atoms with E-state index < -0.39 is 11.9 Å². The molecule has 2 N–H and O–H groups in total. The summed E-state index contributed by atoms with van der Waals surface area (Å²) in [5.41, 5.74) is 4.27. The number of carbonyl (C=O) groups is 2. The van der Waals surface area contributed by atoms with Gasteiger partial charge in [0, 0.05) is 12.1 Å². The molecule has 8 heteroatoms. The van der Waals surface area contributed by atoms with Gasteiger partial charge in [-0.05, 0) is 35.8 Å². The van der Waals surface area contributed by atoms with Crippen LogP contribution in [0.15, 0.2) is 48.0 Å². The van der Waals surface area contributed by atoms with Crippen molar-refractivity contribution in [2.45, 2.75) is 13.0 Å². The number of methoxy groups -OCH3 is 2. The van der Waals surface area contributed by atoms with Crippen LogP contribution in [0.1, 0.15) is 17.5 Å². The van der Waals surface area contributed by atoms with Gasteiger partial charge in [-0.2, -0.15) is 0 Å². The summed E-state index contributed by atoms with van der Waals surface area (Å²) in [5.74, 6) is -0.0700. The third kappa shape index (κ3) is 4.67. The van der Waals surface area contributed by atoms with Crippen LogP contribution < -0.4 is 15.0 Å². The summed E-state index contributed by atoms with van der Waals surface area (Å²) in [6.07, 6.45) is 2.04. The normalized spacial score (nSPS) is 14.9. The van der Waals surface area contributed by atoms with Crippen LogP contribution in [0.3, 0.4) is 0 Å². The zero-order chi connectivity index (χ0) is 20.8. The van der Waals surface area contributed by atoms with E-state index in [0.29, 0.717) is 17.6 Å². The minimum Gasteiger partial charge on any atom is -0.502 e. The van der Waals surface area contributed by atoms with Gasteiger partial charge in [-0.25, -0.2) is 10.3 Å². The van der Waals surface area contributed by atoms with E-state index in [1.807, 2.05) is 30.3 Å². The molecule has 1 heterocycles. The molecule has 0 aromatic heterocycles. The third-order valence-electron chi connectivity index (χ3n) is 4.45. The molecule has 8 nitrogen and oxygen atoms in total. The predicted molar refractivity (Wildman–Crippen MR) is 105 cm³/mol. The van der Waals surface area contributed by atoms with E-state index >= 15 is 0 Å². The molecule has 2 aromatic carbocycles. The van der Waals surface area contributed by atoms with Crippen LogP contribution in [0.25, 0.3) is 6.08 Å². The van der Waals surface area contributed by atoms with Gasteiger partial charge >= 0.3 is 6.03 Å². The minimum atomic E-state index is -0.616. The first-order chi connectivity index (χ1) is 14.0. The summed E-state index contributed by atoms with van der Waals surface area (Å²) in [7, 11) is 2.85. The Balaban J connectivity index is 1.65. The van der Waals surface area contributed by atoms with Crippen LogP contribution in [0.2, 0.25) is 0 Å². The Labute approximate surface area is 168 Å². The molecule has 152 valence electrons. The van der Waals surface area contributed by atoms with Crippen molar-refractivity contribution < 1.29 is 29.0 Å². The highest BCUT2D eigenvalue weighted by atomic mass is 16.7. The van der Waals surface area contributed by atoms with E-state index in [-0.39, 0.29) is 30.4 Å². The van der Waals surface area contributed by atoms with Gasteiger partial charge in [-0.3, -0.25) is 14.5 Å². The molecule has 0 saturated carbocycles. The highest BCUT2D eigenvalue weighted by molar-refractivity contribution is 6.08. The zero-order valence-electron chi connectivity index (χ0n) is 16.2. The van der Waals surface area contributed by atoms with Crippen LogP contribution in [-0.2, 0) is 16.2 Å². The van der Waals surface area contributed by atoms with E-state index in [4.69, 9.17) is 14.3 Å². The molecule has 1 fully saturated rings. The number of imide groups is 1. The molecule has 0 aliphatic carbocycles. The molecule has 2 aromatic rings. The summed E-state index contributed by atoms with van der Waals surface area (Å²) in [6, 6.07) is 11.9. The number of nitrogens with zero attached hydrogens (tertiary/aromatic N) is 1. The van der Waals surface area contributed by atoms with Gasteiger partial charge in [0.1, 0.15) is 0 Å². The van der Waals surface area contributed by atoms with Gasteiger partial charge in [-0.1, -0.05) is 30.3 Å². The Morgan fingerprint density at radius 3 is 2.45 bits per heavy atom. The molecule has 1 saturated heterocycles. The van der Waals surface area contributed by atoms with Crippen molar-refractivity contribution in [3.8, 4) is 17.2 Å². The van der Waals surface area contributed by atoms with Crippen LogP contribution in [0, 0.1) is 0 Å². The van der Waals surface area contributed by atoms with Gasteiger partial charge in [0.2, 0.25) is 5.75 Å². The average Bonchev–Trinajstić information content (AvgIpc) is 3.10. The molecule has 1 aliphatic heterocycles. The summed E-state index contributed by atoms with van der Waals surface area (Å²) in [4.78, 5) is 31.1. The number of nitrogens with one attached hydrogen (secondary N) is 1. The second kappa shape index (κ2) is 9.11. The van der Waals surface area contributed by atoms with Gasteiger partial charge < -0.3 is 14.6 Å². The van der Waals surface area contributed by atoms with Gasteiger partial charge in [0.05, 0.1) is 20.8 Å². The van der Waals surface area contributed by atoms with E-state index in [1.54, 1.807) is 18.2 Å². The number of hydrogen-bond acceptors (Lipinski definition) is 6. The maximum absolute atomic E-state index is 12.6. The maximum Gasteiger partial charge on any atom is 0.348 e. The Morgan fingerprint density at radius 1 is 1.17 bits per heavy atom. The van der Waals surface area contributed by atoms with Gasteiger partial charge in [-0.15, -0.1) is 0 Å². The number of phenolic OH excluding ortho intramolecular Hbond substituents is 1. The van der Waals surface area contributed by atoms with Crippen LogP contribution >= 0.6 is 0 Å². The third-order valence-corrected chi connectivity index (χ3v) is 4.45. The van der Waals surface area contributed by atoms with Crippen LogP contribution in [0.5, 0.6) is 17.2 Å². The lowest BCUT2D eigenvalue weighted by atomic mass is 10.1. The lowest BCUT2D eigenvalue weighted by Gasteiger charge is -2.14. The summed E-state index contributed by atoms with van der Waals surface area (Å²) >= 11 is 0. The second-order valence-corrected chi connectivity index (χ2v) is 6.33. The van der Waals surface area contributed by atoms with Crippen molar-refractivity contribution in [1.82, 2.24) is 10.4 Å². The standard InChI is InChI=1S/C21H22N2O6/c1-27-17-11-15(12-18(28-2)19(17)24)10-16-8-9-23(20(16)25)21(26)22-29-13-14-6-4-3-5-7-14/h3-7,10-12,24H,8-9,13H2,1-2H3,(H,22,26)/b16-10-. The molecule has 0 unspecified atom stereocenters. The first kappa shape index (κ1) is 20.2. The maximum atomic E-state index is 12.6. The van der Waals surface area contributed by atoms with E-state index in [9.17, 15) is 14.7 Å². The quantitative estimate of drug-likeness (QED) is 0.574. The number of amides is 3.